The fourth-order valence-corrected chi connectivity index (χ4v) is 6.69. The van der Waals surface area contributed by atoms with E-state index >= 15 is 0 Å². The van der Waals surface area contributed by atoms with Gasteiger partial charge in [0.05, 0.1) is 24.0 Å². The van der Waals surface area contributed by atoms with E-state index in [1.807, 2.05) is 83.9 Å². The topological polar surface area (TPSA) is 99.5 Å². The van der Waals surface area contributed by atoms with Crippen LogP contribution in [0.5, 0.6) is 0 Å². The number of imidazole rings is 4. The summed E-state index contributed by atoms with van der Waals surface area (Å²) in [6.07, 6.45) is 17.5. The van der Waals surface area contributed by atoms with Crippen LogP contribution in [0.15, 0.2) is 110 Å². The molecular formula is C40H30N10Pt2. The van der Waals surface area contributed by atoms with Crippen LogP contribution in [0, 0.1) is 12.7 Å². The smallest absolute Gasteiger partial charge is 0.657 e. The molecular weight excluding hydrogens is 1010 g/mol. The molecule has 52 heavy (non-hydrogen) atoms. The maximum Gasteiger partial charge on any atom is 2.00 e. The Labute approximate surface area is 328 Å². The molecule has 260 valence electrons. The van der Waals surface area contributed by atoms with Gasteiger partial charge in [0.1, 0.15) is 0 Å². The summed E-state index contributed by atoms with van der Waals surface area (Å²) in [5.41, 5.74) is 11.7. The molecule has 0 unspecified atom stereocenters. The summed E-state index contributed by atoms with van der Waals surface area (Å²) in [5, 5.41) is 4.55. The quantitative estimate of drug-likeness (QED) is 0.175. The van der Waals surface area contributed by atoms with Crippen molar-refractivity contribution in [3.05, 3.63) is 123 Å². The third-order valence-corrected chi connectivity index (χ3v) is 8.97. The molecule has 0 saturated heterocycles. The molecule has 12 heteroatoms. The van der Waals surface area contributed by atoms with Crippen LogP contribution in [0.4, 0.5) is 0 Å². The maximum absolute atomic E-state index is 4.97. The molecule has 10 aromatic rings. The number of hydrogen-bond donors (Lipinski definition) is 0. The van der Waals surface area contributed by atoms with Crippen LogP contribution in [0.2, 0.25) is 0 Å². The SMILES string of the molecule is Cn1[c-]nc(-c2cccc3c2[n-]c2c(-c4cn(C)cn4)cccc23)c1.Cn1[c-]nc(-c2cccc3c2[n-]c2c(-c4cn(C)cn4)cccc23)c1.[Pt+2].[Pt+2]. The Morgan fingerprint density at radius 3 is 1.04 bits per heavy atom. The van der Waals surface area contributed by atoms with Crippen molar-refractivity contribution in [3.8, 4) is 45.0 Å². The van der Waals surface area contributed by atoms with Gasteiger partial charge in [-0.05, 0) is 46.8 Å². The van der Waals surface area contributed by atoms with Crippen LogP contribution in [0.1, 0.15) is 0 Å². The third kappa shape index (κ3) is 6.06. The first-order valence-electron chi connectivity index (χ1n) is 16.2. The predicted molar refractivity (Wildman–Crippen MR) is 196 cm³/mol. The summed E-state index contributed by atoms with van der Waals surface area (Å²) in [5.74, 6) is 0. The van der Waals surface area contributed by atoms with Crippen molar-refractivity contribution >= 4 is 43.6 Å². The average Bonchev–Trinajstić information content (AvgIpc) is 3.98. The van der Waals surface area contributed by atoms with E-state index < -0.39 is 0 Å². The van der Waals surface area contributed by atoms with E-state index in [-0.39, 0.29) is 42.1 Å². The van der Waals surface area contributed by atoms with Crippen molar-refractivity contribution in [2.75, 3.05) is 0 Å². The molecule has 0 radical (unpaired) electrons. The van der Waals surface area contributed by atoms with Crippen LogP contribution < -0.4 is 9.97 Å². The normalized spacial score (nSPS) is 11.2. The van der Waals surface area contributed by atoms with E-state index in [1.54, 1.807) is 0 Å². The van der Waals surface area contributed by atoms with E-state index in [9.17, 15) is 0 Å². The number of hydrogen-bond acceptors (Lipinski definition) is 4. The van der Waals surface area contributed by atoms with Gasteiger partial charge in [0.25, 0.3) is 0 Å². The number of aromatic nitrogens is 10. The van der Waals surface area contributed by atoms with Crippen molar-refractivity contribution in [2.24, 2.45) is 28.2 Å². The van der Waals surface area contributed by atoms with Crippen molar-refractivity contribution in [3.63, 3.8) is 0 Å². The van der Waals surface area contributed by atoms with Crippen molar-refractivity contribution in [1.82, 2.24) is 48.2 Å². The molecule has 6 heterocycles. The molecule has 0 bridgehead atoms. The van der Waals surface area contributed by atoms with Gasteiger partial charge in [0.15, 0.2) is 0 Å². The molecule has 0 fully saturated rings. The molecule has 6 aromatic heterocycles. The second kappa shape index (κ2) is 14.0. The van der Waals surface area contributed by atoms with Crippen molar-refractivity contribution in [2.45, 2.75) is 0 Å². The molecule has 0 amide bonds. The Balaban J connectivity index is 0.000000156. The number of fused-ring (bicyclic) bond motifs is 6. The number of nitrogens with zero attached hydrogens (tertiary/aromatic N) is 10. The molecule has 0 aliphatic heterocycles. The van der Waals surface area contributed by atoms with E-state index in [0.29, 0.717) is 0 Å². The van der Waals surface area contributed by atoms with Gasteiger partial charge >= 0.3 is 42.1 Å². The van der Waals surface area contributed by atoms with Crippen LogP contribution in [0.3, 0.4) is 0 Å². The van der Waals surface area contributed by atoms with Gasteiger partial charge in [0.2, 0.25) is 0 Å². The Morgan fingerprint density at radius 2 is 0.769 bits per heavy atom. The summed E-state index contributed by atoms with van der Waals surface area (Å²) < 4.78 is 7.56. The van der Waals surface area contributed by atoms with E-state index in [4.69, 9.17) is 9.97 Å². The summed E-state index contributed by atoms with van der Waals surface area (Å²) >= 11 is 0. The minimum atomic E-state index is 0. The first kappa shape index (κ1) is 35.1. The summed E-state index contributed by atoms with van der Waals surface area (Å²) in [7, 11) is 7.79. The number of aryl methyl sites for hydroxylation is 4. The predicted octanol–water partition coefficient (Wildman–Crippen LogP) is 7.10. The number of benzene rings is 4. The molecule has 10 rings (SSSR count). The first-order valence-corrected chi connectivity index (χ1v) is 16.2. The van der Waals surface area contributed by atoms with Crippen molar-refractivity contribution < 1.29 is 42.1 Å². The second-order valence-electron chi connectivity index (χ2n) is 12.6. The van der Waals surface area contributed by atoms with Gasteiger partial charge in [-0.2, -0.15) is 0 Å². The third-order valence-electron chi connectivity index (χ3n) is 8.97. The second-order valence-corrected chi connectivity index (χ2v) is 12.6. The fraction of sp³-hybridized carbons (Fsp3) is 0.100. The summed E-state index contributed by atoms with van der Waals surface area (Å²) in [6, 6.07) is 25.0. The molecule has 0 spiro atoms. The van der Waals surface area contributed by atoms with Gasteiger partial charge in [-0.1, -0.05) is 95.3 Å². The Hall–Kier alpha value is -5.30. The molecule has 0 N–H and O–H groups in total. The molecule has 0 atom stereocenters. The van der Waals surface area contributed by atoms with E-state index in [1.165, 1.54) is 0 Å². The summed E-state index contributed by atoms with van der Waals surface area (Å²) in [6.45, 7) is 0. The summed E-state index contributed by atoms with van der Waals surface area (Å²) in [4.78, 5) is 27.7. The first-order chi connectivity index (χ1) is 24.4. The van der Waals surface area contributed by atoms with Gasteiger partial charge < -0.3 is 38.2 Å². The Kier molecular flexibility index (Phi) is 9.47. The molecule has 0 saturated carbocycles. The molecule has 10 nitrogen and oxygen atoms in total. The zero-order chi connectivity index (χ0) is 33.9. The maximum atomic E-state index is 4.97. The zero-order valence-corrected chi connectivity index (χ0v) is 33.0. The molecule has 0 aliphatic rings. The monoisotopic (exact) mass is 1040 g/mol. The molecule has 4 aromatic carbocycles. The van der Waals surface area contributed by atoms with Gasteiger partial charge in [0, 0.05) is 39.1 Å². The Bertz CT molecular complexity index is 2460. The van der Waals surface area contributed by atoms with Crippen LogP contribution >= 0.6 is 0 Å². The fourth-order valence-electron chi connectivity index (χ4n) is 6.69. The van der Waals surface area contributed by atoms with Crippen LogP contribution in [-0.2, 0) is 70.3 Å². The molecule has 0 aliphatic carbocycles. The number of para-hydroxylation sites is 4. The van der Waals surface area contributed by atoms with Gasteiger partial charge in [-0.3, -0.25) is 0 Å². The Morgan fingerprint density at radius 1 is 0.442 bits per heavy atom. The van der Waals surface area contributed by atoms with E-state index in [2.05, 4.69) is 105 Å². The van der Waals surface area contributed by atoms with Gasteiger partial charge in [-0.25, -0.2) is 9.97 Å². The van der Waals surface area contributed by atoms with Crippen molar-refractivity contribution in [1.29, 1.82) is 0 Å². The standard InChI is InChI=1S/2C20H15N5.2Pt/c2*1-24-9-17(21-11-24)15-7-3-5-13-14-6-4-8-16(20(14)23-19(13)15)18-10-25(2)12-22-18;;/h2*3-11H,1-2H3;;/q2*-2;2*+2. The largest absolute Gasteiger partial charge is 2.00 e. The van der Waals surface area contributed by atoms with Crippen LogP contribution in [0.25, 0.3) is 88.6 Å². The van der Waals surface area contributed by atoms with E-state index in [0.717, 1.165) is 88.6 Å². The minimum absolute atomic E-state index is 0. The zero-order valence-electron chi connectivity index (χ0n) is 28.5. The average molecular weight is 1040 g/mol. The number of rotatable bonds is 4. The van der Waals surface area contributed by atoms with Gasteiger partial charge in [-0.15, -0.1) is 34.5 Å². The van der Waals surface area contributed by atoms with Crippen LogP contribution in [-0.4, -0.2) is 38.2 Å². The minimum Gasteiger partial charge on any atom is -0.657 e.